The summed E-state index contributed by atoms with van der Waals surface area (Å²) in [4.78, 5) is 23.9. The molecule has 0 spiro atoms. The lowest BCUT2D eigenvalue weighted by Gasteiger charge is -2.04. The van der Waals surface area contributed by atoms with Crippen molar-refractivity contribution in [3.05, 3.63) is 82.9 Å². The highest BCUT2D eigenvalue weighted by molar-refractivity contribution is 6.08. The Hall–Kier alpha value is -2.68. The molecule has 112 valence electrons. The highest BCUT2D eigenvalue weighted by atomic mass is 16.1. The Bertz CT molecular complexity index is 703. The van der Waals surface area contributed by atoms with E-state index in [1.807, 2.05) is 62.4 Å². The molecule has 2 aromatic rings. The van der Waals surface area contributed by atoms with Crippen LogP contribution in [0.15, 0.2) is 60.7 Å². The van der Waals surface area contributed by atoms with Gasteiger partial charge in [-0.1, -0.05) is 48.0 Å². The van der Waals surface area contributed by atoms with E-state index >= 15 is 0 Å². The standard InChI is InChI=1S/C19H19NO2/c1-14-8-9-15(2)17(12-14)18(21)10-11-19(22)20-13-16-6-4-3-5-7-16/h3-12H,13H2,1-2H3,(H,20,22)/b11-10+. The number of amides is 1. The van der Waals surface area contributed by atoms with E-state index in [0.717, 1.165) is 16.7 Å². The molecule has 0 saturated heterocycles. The van der Waals surface area contributed by atoms with Gasteiger partial charge in [0.1, 0.15) is 0 Å². The van der Waals surface area contributed by atoms with Crippen LogP contribution in [0.5, 0.6) is 0 Å². The number of benzene rings is 2. The fourth-order valence-corrected chi connectivity index (χ4v) is 2.09. The van der Waals surface area contributed by atoms with Gasteiger partial charge in [0.25, 0.3) is 0 Å². The second-order valence-electron chi connectivity index (χ2n) is 5.22. The third-order valence-electron chi connectivity index (χ3n) is 3.35. The smallest absolute Gasteiger partial charge is 0.244 e. The first-order valence-electron chi connectivity index (χ1n) is 7.17. The lowest BCUT2D eigenvalue weighted by Crippen LogP contribution is -2.20. The third-order valence-corrected chi connectivity index (χ3v) is 3.35. The molecule has 0 aliphatic rings. The van der Waals surface area contributed by atoms with Gasteiger partial charge in [-0.3, -0.25) is 9.59 Å². The minimum atomic E-state index is -0.275. The maximum atomic E-state index is 12.1. The summed E-state index contributed by atoms with van der Waals surface area (Å²) in [7, 11) is 0. The molecule has 2 rings (SSSR count). The molecule has 3 nitrogen and oxygen atoms in total. The molecule has 0 heterocycles. The molecular weight excluding hydrogens is 274 g/mol. The first kappa shape index (κ1) is 15.7. The van der Waals surface area contributed by atoms with Crippen molar-refractivity contribution in [2.45, 2.75) is 20.4 Å². The predicted molar refractivity (Wildman–Crippen MR) is 87.7 cm³/mol. The van der Waals surface area contributed by atoms with Crippen LogP contribution in [0.1, 0.15) is 27.0 Å². The summed E-state index contributed by atoms with van der Waals surface area (Å²) < 4.78 is 0. The first-order valence-corrected chi connectivity index (χ1v) is 7.17. The van der Waals surface area contributed by atoms with Crippen LogP contribution in [-0.2, 0) is 11.3 Å². The molecule has 0 unspecified atom stereocenters. The second kappa shape index (κ2) is 7.36. The molecule has 0 saturated carbocycles. The zero-order chi connectivity index (χ0) is 15.9. The van der Waals surface area contributed by atoms with Gasteiger partial charge in [-0.05, 0) is 37.1 Å². The van der Waals surface area contributed by atoms with Crippen LogP contribution in [0, 0.1) is 13.8 Å². The number of hydrogen-bond donors (Lipinski definition) is 1. The maximum absolute atomic E-state index is 12.1. The fraction of sp³-hybridized carbons (Fsp3) is 0.158. The van der Waals surface area contributed by atoms with Gasteiger partial charge in [-0.25, -0.2) is 0 Å². The van der Waals surface area contributed by atoms with Crippen molar-refractivity contribution in [1.29, 1.82) is 0 Å². The molecule has 0 radical (unpaired) electrons. The van der Waals surface area contributed by atoms with E-state index in [0.29, 0.717) is 12.1 Å². The van der Waals surface area contributed by atoms with Crippen molar-refractivity contribution < 1.29 is 9.59 Å². The van der Waals surface area contributed by atoms with Crippen LogP contribution >= 0.6 is 0 Å². The molecule has 0 fully saturated rings. The summed E-state index contributed by atoms with van der Waals surface area (Å²) in [6, 6.07) is 15.3. The summed E-state index contributed by atoms with van der Waals surface area (Å²) in [6.07, 6.45) is 2.61. The summed E-state index contributed by atoms with van der Waals surface area (Å²) in [5, 5.41) is 2.75. The third kappa shape index (κ3) is 4.42. The Balaban J connectivity index is 1.94. The molecular formula is C19H19NO2. The van der Waals surface area contributed by atoms with E-state index in [1.54, 1.807) is 0 Å². The van der Waals surface area contributed by atoms with E-state index in [2.05, 4.69) is 5.32 Å². The molecule has 0 aromatic heterocycles. The minimum Gasteiger partial charge on any atom is -0.348 e. The number of rotatable bonds is 5. The van der Waals surface area contributed by atoms with E-state index in [9.17, 15) is 9.59 Å². The van der Waals surface area contributed by atoms with Gasteiger partial charge in [-0.15, -0.1) is 0 Å². The van der Waals surface area contributed by atoms with Gasteiger partial charge in [0.15, 0.2) is 5.78 Å². The zero-order valence-corrected chi connectivity index (χ0v) is 12.8. The first-order chi connectivity index (χ1) is 10.6. The largest absolute Gasteiger partial charge is 0.348 e. The summed E-state index contributed by atoms with van der Waals surface area (Å²) >= 11 is 0. The van der Waals surface area contributed by atoms with Crippen LogP contribution in [0.4, 0.5) is 0 Å². The Morgan fingerprint density at radius 3 is 2.45 bits per heavy atom. The van der Waals surface area contributed by atoms with E-state index < -0.39 is 0 Å². The lowest BCUT2D eigenvalue weighted by molar-refractivity contribution is -0.116. The van der Waals surface area contributed by atoms with Gasteiger partial charge >= 0.3 is 0 Å². The number of hydrogen-bond acceptors (Lipinski definition) is 2. The lowest BCUT2D eigenvalue weighted by atomic mass is 10.0. The normalized spacial score (nSPS) is 10.6. The molecule has 0 atom stereocenters. The summed E-state index contributed by atoms with van der Waals surface area (Å²) in [5.41, 5.74) is 3.58. The second-order valence-corrected chi connectivity index (χ2v) is 5.22. The van der Waals surface area contributed by atoms with Crippen molar-refractivity contribution >= 4 is 11.7 Å². The highest BCUT2D eigenvalue weighted by Crippen LogP contribution is 2.11. The minimum absolute atomic E-state index is 0.156. The predicted octanol–water partition coefficient (Wildman–Crippen LogP) is 3.36. The van der Waals surface area contributed by atoms with Crippen LogP contribution in [0.2, 0.25) is 0 Å². The fourth-order valence-electron chi connectivity index (χ4n) is 2.09. The van der Waals surface area contributed by atoms with E-state index in [1.165, 1.54) is 12.2 Å². The number of aryl methyl sites for hydroxylation is 2. The molecule has 3 heteroatoms. The Morgan fingerprint density at radius 2 is 1.73 bits per heavy atom. The molecule has 0 aliphatic heterocycles. The molecule has 22 heavy (non-hydrogen) atoms. The van der Waals surface area contributed by atoms with E-state index in [-0.39, 0.29) is 11.7 Å². The van der Waals surface area contributed by atoms with Crippen LogP contribution in [-0.4, -0.2) is 11.7 Å². The zero-order valence-electron chi connectivity index (χ0n) is 12.8. The maximum Gasteiger partial charge on any atom is 0.244 e. The number of carbonyl (C=O) groups excluding carboxylic acids is 2. The van der Waals surface area contributed by atoms with Gasteiger partial charge in [0, 0.05) is 18.2 Å². The molecule has 0 bridgehead atoms. The van der Waals surface area contributed by atoms with Crippen molar-refractivity contribution in [2.24, 2.45) is 0 Å². The van der Waals surface area contributed by atoms with Crippen molar-refractivity contribution in [3.8, 4) is 0 Å². The average molecular weight is 293 g/mol. The quantitative estimate of drug-likeness (QED) is 0.678. The van der Waals surface area contributed by atoms with Crippen molar-refractivity contribution in [3.63, 3.8) is 0 Å². The van der Waals surface area contributed by atoms with Crippen LogP contribution < -0.4 is 5.32 Å². The number of ketones is 1. The van der Waals surface area contributed by atoms with Gasteiger partial charge in [0.05, 0.1) is 0 Å². The number of nitrogens with one attached hydrogen (secondary N) is 1. The molecule has 1 amide bonds. The number of carbonyl (C=O) groups is 2. The van der Waals surface area contributed by atoms with Gasteiger partial charge < -0.3 is 5.32 Å². The molecule has 2 aromatic carbocycles. The van der Waals surface area contributed by atoms with Crippen molar-refractivity contribution in [2.75, 3.05) is 0 Å². The molecule has 1 N–H and O–H groups in total. The van der Waals surface area contributed by atoms with E-state index in [4.69, 9.17) is 0 Å². The SMILES string of the molecule is Cc1ccc(C)c(C(=O)/C=C/C(=O)NCc2ccccc2)c1. The van der Waals surface area contributed by atoms with Crippen molar-refractivity contribution in [1.82, 2.24) is 5.32 Å². The number of allylic oxidation sites excluding steroid dienone is 1. The Kier molecular flexibility index (Phi) is 5.26. The summed E-state index contributed by atoms with van der Waals surface area (Å²) in [5.74, 6) is -0.432. The average Bonchev–Trinajstić information content (AvgIpc) is 2.54. The monoisotopic (exact) mass is 293 g/mol. The van der Waals surface area contributed by atoms with Crippen LogP contribution in [0.3, 0.4) is 0 Å². The summed E-state index contributed by atoms with van der Waals surface area (Å²) in [6.45, 7) is 4.27. The topological polar surface area (TPSA) is 46.2 Å². The van der Waals surface area contributed by atoms with Gasteiger partial charge in [-0.2, -0.15) is 0 Å². The Labute approximate surface area is 130 Å². The van der Waals surface area contributed by atoms with Gasteiger partial charge in [0.2, 0.25) is 5.91 Å². The molecule has 0 aliphatic carbocycles. The highest BCUT2D eigenvalue weighted by Gasteiger charge is 2.06. The van der Waals surface area contributed by atoms with Crippen LogP contribution in [0.25, 0.3) is 0 Å². The Morgan fingerprint density at radius 1 is 1.00 bits per heavy atom.